The standard InChI is InChI=1S/C25H48O2.C21H40O2.C19H36O2.C17H32O2/c1-3-5-6-7-8-9-10-11-12-13-14-15-16-17-18-19-20-21-22-23-24-27-25(26)4-2;1-3-5-6-7-8-9-10-11-12-13-14-15-16-17-18-19-20-23-21(22)4-2;1-3-5-6-7-8-9-10-11-12-13-14-15-16-17-18-21-19(20)4-2;1-3-5-6-7-8-9-10-11-12-13-14-15-16-19-17(18)4-2/h4H,2-3,5-24H2,1H3;4H,2-3,5-20H2,1H3;4H,2-3,5-18H2,1H3;4H,2-3,5-16H2,1H3. The Kier molecular flexibility index (Phi) is 93.3. The number of rotatable bonds is 70. The van der Waals surface area contributed by atoms with Gasteiger partial charge in [0, 0.05) is 24.3 Å². The van der Waals surface area contributed by atoms with Gasteiger partial charge in [-0.05, 0) is 25.7 Å². The molecule has 0 rings (SSSR count). The number of carbonyl (C=O) groups excluding carboxylic acids is 4. The van der Waals surface area contributed by atoms with Crippen molar-refractivity contribution in [2.24, 2.45) is 0 Å². The van der Waals surface area contributed by atoms with E-state index in [-0.39, 0.29) is 23.9 Å². The SMILES string of the molecule is C=CC(=O)OCCCCCCCCCCCCCC.C=CC(=O)OCCCCCCCCCCCCCCCC.C=CC(=O)OCCCCCCCCCCCCCCCCCC.C=CC(=O)OCCCCCCCCCCCCCCCCCCCCCC. The first-order valence-corrected chi connectivity index (χ1v) is 39.4. The average molecular weight is 1270 g/mol. The number of hydrogen-bond donors (Lipinski definition) is 0. The van der Waals surface area contributed by atoms with E-state index in [0.29, 0.717) is 26.4 Å². The largest absolute Gasteiger partial charge is 0.463 e. The molecular formula is C82H156O8. The molecule has 0 aromatic heterocycles. The molecule has 0 radical (unpaired) electrons. The van der Waals surface area contributed by atoms with Crippen LogP contribution in [0, 0.1) is 0 Å². The summed E-state index contributed by atoms with van der Waals surface area (Å²) in [6.07, 6.45) is 89.0. The zero-order valence-electron chi connectivity index (χ0n) is 61.1. The Hall–Kier alpha value is -3.16. The van der Waals surface area contributed by atoms with Gasteiger partial charge in [-0.1, -0.05) is 426 Å². The van der Waals surface area contributed by atoms with E-state index >= 15 is 0 Å². The molecule has 0 heterocycles. The first-order valence-electron chi connectivity index (χ1n) is 39.4. The maximum absolute atomic E-state index is 10.9. The predicted octanol–water partition coefficient (Wildman–Crippen LogP) is 27.1. The zero-order valence-corrected chi connectivity index (χ0v) is 61.1. The number of hydrogen-bond acceptors (Lipinski definition) is 8. The molecule has 0 saturated heterocycles. The third-order valence-electron chi connectivity index (χ3n) is 17.1. The molecule has 0 saturated carbocycles. The van der Waals surface area contributed by atoms with E-state index in [1.165, 1.54) is 397 Å². The van der Waals surface area contributed by atoms with Crippen LogP contribution < -0.4 is 0 Å². The quantitative estimate of drug-likeness (QED) is 0.0257. The van der Waals surface area contributed by atoms with Crippen LogP contribution in [0.4, 0.5) is 0 Å². The van der Waals surface area contributed by atoms with Gasteiger partial charge in [0.1, 0.15) is 0 Å². The highest BCUT2D eigenvalue weighted by Crippen LogP contribution is 2.18. The Balaban J connectivity index is -0.000000552. The van der Waals surface area contributed by atoms with Gasteiger partial charge in [0.2, 0.25) is 0 Å². The fourth-order valence-electron chi connectivity index (χ4n) is 11.2. The van der Waals surface area contributed by atoms with Gasteiger partial charge < -0.3 is 18.9 Å². The van der Waals surface area contributed by atoms with Crippen LogP contribution in [-0.4, -0.2) is 50.3 Å². The second-order valence-electron chi connectivity index (χ2n) is 26.0. The smallest absolute Gasteiger partial charge is 0.330 e. The molecule has 90 heavy (non-hydrogen) atoms. The summed E-state index contributed by atoms with van der Waals surface area (Å²) >= 11 is 0. The van der Waals surface area contributed by atoms with Gasteiger partial charge in [-0.2, -0.15) is 0 Å². The van der Waals surface area contributed by atoms with Gasteiger partial charge in [0.05, 0.1) is 26.4 Å². The molecule has 0 aliphatic carbocycles. The van der Waals surface area contributed by atoms with E-state index < -0.39 is 0 Å². The van der Waals surface area contributed by atoms with E-state index in [9.17, 15) is 19.2 Å². The lowest BCUT2D eigenvalue weighted by atomic mass is 10.0. The summed E-state index contributed by atoms with van der Waals surface area (Å²) in [7, 11) is 0. The lowest BCUT2D eigenvalue weighted by Gasteiger charge is -2.04. The number of ether oxygens (including phenoxy) is 4. The van der Waals surface area contributed by atoms with Crippen molar-refractivity contribution in [1.82, 2.24) is 0 Å². The molecular weight excluding hydrogens is 1110 g/mol. The Bertz CT molecular complexity index is 1440. The van der Waals surface area contributed by atoms with E-state index in [1.807, 2.05) is 0 Å². The van der Waals surface area contributed by atoms with E-state index in [1.54, 1.807) is 0 Å². The first-order chi connectivity index (χ1) is 44.2. The molecule has 0 aliphatic heterocycles. The van der Waals surface area contributed by atoms with Gasteiger partial charge in [-0.3, -0.25) is 0 Å². The van der Waals surface area contributed by atoms with Crippen LogP contribution in [0.15, 0.2) is 50.6 Å². The van der Waals surface area contributed by atoms with Crippen molar-refractivity contribution in [1.29, 1.82) is 0 Å². The Morgan fingerprint density at radius 1 is 0.178 bits per heavy atom. The molecule has 0 aromatic rings. The Morgan fingerprint density at radius 3 is 0.356 bits per heavy atom. The fourth-order valence-corrected chi connectivity index (χ4v) is 11.2. The highest BCUT2D eigenvalue weighted by Gasteiger charge is 2.02. The zero-order chi connectivity index (χ0) is 66.6. The monoisotopic (exact) mass is 1270 g/mol. The lowest BCUT2D eigenvalue weighted by Crippen LogP contribution is -2.01. The Labute approximate surface area is 562 Å². The highest BCUT2D eigenvalue weighted by atomic mass is 16.5. The minimum atomic E-state index is -0.303. The Morgan fingerprint density at radius 2 is 0.267 bits per heavy atom. The van der Waals surface area contributed by atoms with Gasteiger partial charge >= 0.3 is 23.9 Å². The van der Waals surface area contributed by atoms with Crippen LogP contribution in [0.25, 0.3) is 0 Å². The minimum Gasteiger partial charge on any atom is -0.463 e. The van der Waals surface area contributed by atoms with Gasteiger partial charge in [-0.15, -0.1) is 0 Å². The summed E-state index contributed by atoms with van der Waals surface area (Å²) in [5.74, 6) is -1.20. The summed E-state index contributed by atoms with van der Waals surface area (Å²) in [5.41, 5.74) is 0. The molecule has 0 N–H and O–H groups in total. The predicted molar refractivity (Wildman–Crippen MR) is 394 cm³/mol. The molecule has 0 aromatic carbocycles. The fraction of sp³-hybridized carbons (Fsp3) is 0.854. The molecule has 0 fully saturated rings. The second kappa shape index (κ2) is 90.0. The number of carbonyl (C=O) groups is 4. The summed E-state index contributed by atoms with van der Waals surface area (Å²) < 4.78 is 19.8. The van der Waals surface area contributed by atoms with Crippen molar-refractivity contribution in [2.75, 3.05) is 26.4 Å². The maximum atomic E-state index is 10.9. The van der Waals surface area contributed by atoms with Crippen LogP contribution in [0.1, 0.15) is 426 Å². The summed E-state index contributed by atoms with van der Waals surface area (Å²) in [5, 5.41) is 0. The molecule has 0 spiro atoms. The van der Waals surface area contributed by atoms with Gasteiger partial charge in [0.25, 0.3) is 0 Å². The molecule has 8 nitrogen and oxygen atoms in total. The topological polar surface area (TPSA) is 105 Å². The molecule has 8 heteroatoms. The molecule has 0 bridgehead atoms. The van der Waals surface area contributed by atoms with Crippen molar-refractivity contribution in [3.63, 3.8) is 0 Å². The molecule has 0 unspecified atom stereocenters. The van der Waals surface area contributed by atoms with Crippen LogP contribution in [-0.2, 0) is 38.1 Å². The van der Waals surface area contributed by atoms with E-state index in [2.05, 4.69) is 54.0 Å². The third kappa shape index (κ3) is 95.9. The highest BCUT2D eigenvalue weighted by molar-refractivity contribution is 5.82. The minimum absolute atomic E-state index is 0.298. The van der Waals surface area contributed by atoms with E-state index in [4.69, 9.17) is 18.9 Å². The average Bonchev–Trinajstić information content (AvgIpc) is 3.56. The van der Waals surface area contributed by atoms with Crippen molar-refractivity contribution >= 4 is 23.9 Å². The molecule has 0 aliphatic rings. The normalized spacial score (nSPS) is 10.6. The lowest BCUT2D eigenvalue weighted by molar-refractivity contribution is -0.138. The molecule has 0 atom stereocenters. The van der Waals surface area contributed by atoms with Crippen molar-refractivity contribution < 1.29 is 38.1 Å². The molecule has 532 valence electrons. The van der Waals surface area contributed by atoms with Crippen LogP contribution in [0.5, 0.6) is 0 Å². The molecule has 0 amide bonds. The summed E-state index contributed by atoms with van der Waals surface area (Å²) in [6, 6.07) is 0. The van der Waals surface area contributed by atoms with Crippen LogP contribution >= 0.6 is 0 Å². The van der Waals surface area contributed by atoms with E-state index in [0.717, 1.165) is 25.7 Å². The van der Waals surface area contributed by atoms with Crippen molar-refractivity contribution in [2.45, 2.75) is 426 Å². The first kappa shape index (κ1) is 93.2. The van der Waals surface area contributed by atoms with Crippen molar-refractivity contribution in [3.05, 3.63) is 50.6 Å². The van der Waals surface area contributed by atoms with Crippen LogP contribution in [0.3, 0.4) is 0 Å². The number of unbranched alkanes of at least 4 members (excludes halogenated alkanes) is 58. The van der Waals surface area contributed by atoms with Gasteiger partial charge in [-0.25, -0.2) is 19.2 Å². The number of esters is 4. The second-order valence-corrected chi connectivity index (χ2v) is 26.0. The third-order valence-corrected chi connectivity index (χ3v) is 17.1. The summed E-state index contributed by atoms with van der Waals surface area (Å²) in [4.78, 5) is 43.3. The van der Waals surface area contributed by atoms with Crippen molar-refractivity contribution in [3.8, 4) is 0 Å². The maximum Gasteiger partial charge on any atom is 0.330 e. The summed E-state index contributed by atoms with van der Waals surface area (Å²) in [6.45, 7) is 24.8. The van der Waals surface area contributed by atoms with Gasteiger partial charge in [0.15, 0.2) is 0 Å². The van der Waals surface area contributed by atoms with Crippen LogP contribution in [0.2, 0.25) is 0 Å².